The van der Waals surface area contributed by atoms with Gasteiger partial charge in [0, 0.05) is 12.1 Å². The number of aryl methyl sites for hydroxylation is 1. The summed E-state index contributed by atoms with van der Waals surface area (Å²) in [6, 6.07) is 13.5. The normalized spacial score (nSPS) is 11.4. The van der Waals surface area contributed by atoms with Gasteiger partial charge in [0.25, 0.3) is 0 Å². The van der Waals surface area contributed by atoms with Crippen molar-refractivity contribution in [3.05, 3.63) is 65.5 Å². The van der Waals surface area contributed by atoms with Gasteiger partial charge in [0.2, 0.25) is 0 Å². The largest absolute Gasteiger partial charge is 1.00 e. The third kappa shape index (κ3) is 9.50. The molecule has 31 heavy (non-hydrogen) atoms. The number of nitrogens with zero attached hydrogens (tertiary/aromatic N) is 2. The maximum atomic E-state index is 2.32. The lowest BCUT2D eigenvalue weighted by Gasteiger charge is -2.35. The van der Waals surface area contributed by atoms with Gasteiger partial charge >= 0.3 is 0 Å². The average molecular weight is 648 g/mol. The highest BCUT2D eigenvalue weighted by Gasteiger charge is 2.20. The summed E-state index contributed by atoms with van der Waals surface area (Å²) >= 11 is 0. The zero-order valence-electron chi connectivity index (χ0n) is 20.2. The molecule has 4 heteroatoms. The summed E-state index contributed by atoms with van der Waals surface area (Å²) in [6.07, 6.45) is 12.5. The van der Waals surface area contributed by atoms with Crippen molar-refractivity contribution in [2.75, 3.05) is 26.2 Å². The summed E-state index contributed by atoms with van der Waals surface area (Å²) in [5.74, 6) is 0.688. The molecule has 1 aromatic carbocycles. The van der Waals surface area contributed by atoms with E-state index in [1.165, 1.54) is 66.6 Å². The Morgan fingerprint density at radius 2 is 1.23 bits per heavy atom. The van der Waals surface area contributed by atoms with Gasteiger partial charge in [0.15, 0.2) is 18.9 Å². The minimum Gasteiger partial charge on any atom is -1.00 e. The molecule has 0 unspecified atom stereocenters. The first-order chi connectivity index (χ1) is 14.1. The van der Waals surface area contributed by atoms with Crippen LogP contribution in [0.2, 0.25) is 0 Å². The molecule has 0 saturated heterocycles. The summed E-state index contributed by atoms with van der Waals surface area (Å²) in [7, 11) is 0. The molecule has 2 rings (SSSR count). The Balaban J connectivity index is 0.00000450. The monoisotopic (exact) mass is 648 g/mol. The van der Waals surface area contributed by atoms with E-state index < -0.39 is 0 Å². The van der Waals surface area contributed by atoms with E-state index in [1.54, 1.807) is 0 Å². The fourth-order valence-electron chi connectivity index (χ4n) is 4.29. The lowest BCUT2D eigenvalue weighted by molar-refractivity contribution is -0.925. The van der Waals surface area contributed by atoms with Crippen molar-refractivity contribution < 1.29 is 57.0 Å². The molecule has 2 aromatic rings. The number of quaternary nitrogens is 1. The molecule has 2 nitrogen and oxygen atoms in total. The highest BCUT2D eigenvalue weighted by atomic mass is 127. The van der Waals surface area contributed by atoms with E-state index in [0.717, 1.165) is 6.54 Å². The van der Waals surface area contributed by atoms with Crippen molar-refractivity contribution >= 4 is 12.2 Å². The van der Waals surface area contributed by atoms with Gasteiger partial charge < -0.3 is 52.4 Å². The topological polar surface area (TPSA) is 3.88 Å². The van der Waals surface area contributed by atoms with Crippen molar-refractivity contribution in [2.45, 2.75) is 66.3 Å². The van der Waals surface area contributed by atoms with Crippen LogP contribution in [0.25, 0.3) is 12.2 Å². The number of aromatic nitrogens is 1. The quantitative estimate of drug-likeness (QED) is 0.178. The van der Waals surface area contributed by atoms with E-state index in [2.05, 4.69) is 100 Å². The van der Waals surface area contributed by atoms with Crippen molar-refractivity contribution in [2.24, 2.45) is 0 Å². The van der Waals surface area contributed by atoms with E-state index >= 15 is 0 Å². The lowest BCUT2D eigenvalue weighted by Crippen LogP contribution is -3.00. The molecule has 0 atom stereocenters. The Kier molecular flexibility index (Phi) is 15.9. The van der Waals surface area contributed by atoms with Gasteiger partial charge in [0.1, 0.15) is 0 Å². The van der Waals surface area contributed by atoms with E-state index in [9.17, 15) is 0 Å². The second-order valence-corrected chi connectivity index (χ2v) is 8.25. The number of hydrogen-bond acceptors (Lipinski definition) is 0. The summed E-state index contributed by atoms with van der Waals surface area (Å²) in [6.45, 7) is 17.6. The minimum absolute atomic E-state index is 0. The van der Waals surface area contributed by atoms with Gasteiger partial charge in [-0.25, -0.2) is 4.57 Å². The van der Waals surface area contributed by atoms with Crippen LogP contribution in [-0.4, -0.2) is 30.7 Å². The smallest absolute Gasteiger partial charge is 0.169 e. The molecule has 0 N–H and O–H groups in total. The molecule has 0 bridgehead atoms. The summed E-state index contributed by atoms with van der Waals surface area (Å²) in [5.41, 5.74) is 3.99. The molecule has 0 fully saturated rings. The Morgan fingerprint density at radius 3 is 1.68 bits per heavy atom. The van der Waals surface area contributed by atoms with Gasteiger partial charge in [-0.15, -0.1) is 0 Å². The average Bonchev–Trinajstić information content (AvgIpc) is 2.78. The van der Waals surface area contributed by atoms with Gasteiger partial charge in [-0.2, -0.15) is 0 Å². The molecular weight excluding hydrogens is 606 g/mol. The number of pyridine rings is 1. The van der Waals surface area contributed by atoms with Gasteiger partial charge in [-0.1, -0.05) is 50.3 Å². The van der Waals surface area contributed by atoms with Crippen LogP contribution in [0.3, 0.4) is 0 Å². The molecule has 0 aliphatic carbocycles. The Labute approximate surface area is 225 Å². The van der Waals surface area contributed by atoms with Crippen LogP contribution in [0, 0.1) is 0 Å². The van der Waals surface area contributed by atoms with Crippen LogP contribution in [0.4, 0.5) is 0 Å². The molecule has 0 amide bonds. The lowest BCUT2D eigenvalue weighted by atomic mass is 9.93. The fraction of sp³-hybridized carbons (Fsp3) is 0.519. The van der Waals surface area contributed by atoms with Crippen LogP contribution in [0.15, 0.2) is 48.8 Å². The first kappa shape index (κ1) is 30.5. The van der Waals surface area contributed by atoms with Crippen LogP contribution in [0.5, 0.6) is 0 Å². The molecule has 0 aliphatic rings. The number of hydrogen-bond donors (Lipinski definition) is 0. The molecular formula is C27H42I2N2. The van der Waals surface area contributed by atoms with E-state index in [1.807, 2.05) is 0 Å². The van der Waals surface area contributed by atoms with Gasteiger partial charge in [-0.05, 0) is 56.2 Å². The van der Waals surface area contributed by atoms with Crippen LogP contribution in [-0.2, 0) is 6.54 Å². The number of halogens is 2. The highest BCUT2D eigenvalue weighted by molar-refractivity contribution is 5.69. The fourth-order valence-corrected chi connectivity index (χ4v) is 4.29. The minimum atomic E-state index is 0. The van der Waals surface area contributed by atoms with Gasteiger partial charge in [-0.3, -0.25) is 0 Å². The highest BCUT2D eigenvalue weighted by Crippen LogP contribution is 2.23. The first-order valence-electron chi connectivity index (χ1n) is 11.7. The third-order valence-corrected chi connectivity index (χ3v) is 6.84. The summed E-state index contributed by atoms with van der Waals surface area (Å²) in [5, 5.41) is 0. The summed E-state index contributed by atoms with van der Waals surface area (Å²) < 4.78 is 3.55. The Morgan fingerprint density at radius 1 is 0.742 bits per heavy atom. The molecule has 1 aromatic heterocycles. The van der Waals surface area contributed by atoms with E-state index in [-0.39, 0.29) is 48.0 Å². The zero-order chi connectivity index (χ0) is 21.1. The number of rotatable bonds is 12. The molecule has 0 spiro atoms. The molecule has 0 aliphatic heterocycles. The SMILES string of the molecule is CCC(CC)c1ccc(/C=C/c2cc[n+](CCC[N+](CC)(CC)CC)cc2)cc1.[I-].[I-]. The summed E-state index contributed by atoms with van der Waals surface area (Å²) in [4.78, 5) is 0. The van der Waals surface area contributed by atoms with Crippen LogP contribution < -0.4 is 52.5 Å². The maximum absolute atomic E-state index is 2.32. The van der Waals surface area contributed by atoms with Gasteiger partial charge in [0.05, 0.1) is 32.6 Å². The van der Waals surface area contributed by atoms with Crippen molar-refractivity contribution in [1.29, 1.82) is 0 Å². The molecule has 0 saturated carbocycles. The predicted molar refractivity (Wildman–Crippen MR) is 127 cm³/mol. The van der Waals surface area contributed by atoms with E-state index in [4.69, 9.17) is 0 Å². The van der Waals surface area contributed by atoms with E-state index in [0.29, 0.717) is 5.92 Å². The zero-order valence-corrected chi connectivity index (χ0v) is 24.5. The molecule has 0 radical (unpaired) electrons. The van der Waals surface area contributed by atoms with Crippen molar-refractivity contribution in [1.82, 2.24) is 0 Å². The number of benzene rings is 1. The second-order valence-electron chi connectivity index (χ2n) is 8.25. The van der Waals surface area contributed by atoms with Crippen molar-refractivity contribution in [3.63, 3.8) is 0 Å². The van der Waals surface area contributed by atoms with Crippen molar-refractivity contribution in [3.8, 4) is 0 Å². The maximum Gasteiger partial charge on any atom is 0.169 e. The Bertz CT molecular complexity index is 723. The molecule has 174 valence electrons. The molecule has 1 heterocycles. The second kappa shape index (κ2) is 16.2. The first-order valence-corrected chi connectivity index (χ1v) is 11.7. The van der Waals surface area contributed by atoms with Crippen LogP contribution >= 0.6 is 0 Å². The standard InChI is InChI=1S/C27H42N2.2HI/c1-6-26(7-2)27-16-14-24(15-17-27)12-13-25-18-21-28(22-19-25)20-11-23-29(8-3,9-4)10-5;;/h12-19,21-22,26H,6-11,20,23H2,1-5H3;2*1H/q+2;;/p-2/b13-12+;;. The third-order valence-electron chi connectivity index (χ3n) is 6.84. The Hall–Kier alpha value is -0.470. The predicted octanol–water partition coefficient (Wildman–Crippen LogP) is 0.323. The van der Waals surface area contributed by atoms with Crippen LogP contribution in [0.1, 0.15) is 76.5 Å².